The molecule has 0 radical (unpaired) electrons. The lowest BCUT2D eigenvalue weighted by Gasteiger charge is -2.27. The van der Waals surface area contributed by atoms with Gasteiger partial charge in [-0.2, -0.15) is 5.10 Å². The van der Waals surface area contributed by atoms with Crippen LogP contribution in [0.15, 0.2) is 18.5 Å². The first-order chi connectivity index (χ1) is 9.24. The Morgan fingerprint density at radius 3 is 2.84 bits per heavy atom. The zero-order valence-corrected chi connectivity index (χ0v) is 12.0. The zero-order chi connectivity index (χ0) is 13.7. The lowest BCUT2D eigenvalue weighted by atomic mass is 10.2. The van der Waals surface area contributed by atoms with Gasteiger partial charge in [0.05, 0.1) is 19.1 Å². The number of rotatable bonds is 6. The maximum atomic E-state index is 12.4. The molecular formula is C14H24N4O. The molecule has 5 heteroatoms. The van der Waals surface area contributed by atoms with Crippen LogP contribution in [0, 0.1) is 0 Å². The van der Waals surface area contributed by atoms with Gasteiger partial charge in [0.2, 0.25) is 5.91 Å². The van der Waals surface area contributed by atoms with Crippen molar-refractivity contribution >= 4 is 5.91 Å². The molecule has 0 spiro atoms. The third-order valence-electron chi connectivity index (χ3n) is 3.91. The molecule has 0 aromatic carbocycles. The summed E-state index contributed by atoms with van der Waals surface area (Å²) >= 11 is 0. The van der Waals surface area contributed by atoms with E-state index in [-0.39, 0.29) is 5.91 Å². The van der Waals surface area contributed by atoms with E-state index in [1.807, 2.05) is 21.8 Å². The first-order valence-electron chi connectivity index (χ1n) is 7.23. The van der Waals surface area contributed by atoms with Crippen LogP contribution in [0.25, 0.3) is 0 Å². The predicted octanol–water partition coefficient (Wildman–Crippen LogP) is 1.22. The van der Waals surface area contributed by atoms with Gasteiger partial charge in [0.1, 0.15) is 0 Å². The van der Waals surface area contributed by atoms with Gasteiger partial charge >= 0.3 is 0 Å². The van der Waals surface area contributed by atoms with Crippen molar-refractivity contribution in [3.05, 3.63) is 18.5 Å². The summed E-state index contributed by atoms with van der Waals surface area (Å²) in [6.07, 6.45) is 5.95. The quantitative estimate of drug-likeness (QED) is 0.775. The number of aromatic nitrogens is 2. The summed E-state index contributed by atoms with van der Waals surface area (Å²) < 4.78 is 1.92. The lowest BCUT2D eigenvalue weighted by molar-refractivity contribution is -0.133. The molecule has 1 aliphatic rings. The molecule has 106 valence electrons. The Morgan fingerprint density at radius 2 is 2.21 bits per heavy atom. The molecule has 5 nitrogen and oxygen atoms in total. The van der Waals surface area contributed by atoms with Gasteiger partial charge in [-0.3, -0.25) is 14.4 Å². The number of carbonyl (C=O) groups is 1. The van der Waals surface area contributed by atoms with E-state index in [9.17, 15) is 4.79 Å². The fourth-order valence-corrected chi connectivity index (χ4v) is 2.71. The number of amides is 1. The molecule has 1 atom stereocenters. The fraction of sp³-hybridized carbons (Fsp3) is 0.714. The Labute approximate surface area is 115 Å². The summed E-state index contributed by atoms with van der Waals surface area (Å²) in [5, 5.41) is 4.24. The molecule has 0 unspecified atom stereocenters. The highest BCUT2D eigenvalue weighted by Gasteiger charge is 2.29. The molecule has 2 heterocycles. The summed E-state index contributed by atoms with van der Waals surface area (Å²) in [5.41, 5.74) is 0. The van der Waals surface area contributed by atoms with Crippen molar-refractivity contribution in [1.29, 1.82) is 0 Å². The SMILES string of the molecule is CCN(CC)CC(=O)N1CCC[C@H]1Cn1cccn1. The molecule has 1 amide bonds. The van der Waals surface area contributed by atoms with Crippen LogP contribution in [-0.2, 0) is 11.3 Å². The maximum Gasteiger partial charge on any atom is 0.237 e. The van der Waals surface area contributed by atoms with E-state index in [0.717, 1.165) is 39.0 Å². The number of carbonyl (C=O) groups excluding carboxylic acids is 1. The summed E-state index contributed by atoms with van der Waals surface area (Å²) in [4.78, 5) is 16.6. The normalized spacial score (nSPS) is 19.3. The fourth-order valence-electron chi connectivity index (χ4n) is 2.71. The molecule has 0 N–H and O–H groups in total. The highest BCUT2D eigenvalue weighted by Crippen LogP contribution is 2.19. The van der Waals surface area contributed by atoms with Crippen molar-refractivity contribution in [1.82, 2.24) is 19.6 Å². The zero-order valence-electron chi connectivity index (χ0n) is 12.0. The second-order valence-electron chi connectivity index (χ2n) is 5.07. The summed E-state index contributed by atoms with van der Waals surface area (Å²) in [5.74, 6) is 0.262. The van der Waals surface area contributed by atoms with Gasteiger partial charge in [0, 0.05) is 18.9 Å². The van der Waals surface area contributed by atoms with Crippen molar-refractivity contribution in [2.24, 2.45) is 0 Å². The summed E-state index contributed by atoms with van der Waals surface area (Å²) in [7, 11) is 0. The molecule has 19 heavy (non-hydrogen) atoms. The van der Waals surface area contributed by atoms with Crippen LogP contribution < -0.4 is 0 Å². The minimum atomic E-state index is 0.262. The van der Waals surface area contributed by atoms with Crippen LogP contribution in [0.3, 0.4) is 0 Å². The number of likely N-dealkylation sites (N-methyl/N-ethyl adjacent to an activating group) is 1. The maximum absolute atomic E-state index is 12.4. The van der Waals surface area contributed by atoms with E-state index in [1.54, 1.807) is 6.20 Å². The largest absolute Gasteiger partial charge is 0.337 e. The van der Waals surface area contributed by atoms with E-state index < -0.39 is 0 Å². The molecule has 0 aliphatic carbocycles. The van der Waals surface area contributed by atoms with Crippen molar-refractivity contribution in [3.8, 4) is 0 Å². The molecule has 1 aliphatic heterocycles. The minimum Gasteiger partial charge on any atom is -0.337 e. The first kappa shape index (κ1) is 14.1. The van der Waals surface area contributed by atoms with Crippen LogP contribution in [-0.4, -0.2) is 57.7 Å². The topological polar surface area (TPSA) is 41.4 Å². The Morgan fingerprint density at radius 1 is 1.42 bits per heavy atom. The van der Waals surface area contributed by atoms with E-state index in [0.29, 0.717) is 12.6 Å². The van der Waals surface area contributed by atoms with Crippen molar-refractivity contribution in [3.63, 3.8) is 0 Å². The van der Waals surface area contributed by atoms with Gasteiger partial charge in [-0.15, -0.1) is 0 Å². The van der Waals surface area contributed by atoms with E-state index in [4.69, 9.17) is 0 Å². The predicted molar refractivity (Wildman–Crippen MR) is 74.8 cm³/mol. The van der Waals surface area contributed by atoms with Gasteiger partial charge in [-0.1, -0.05) is 13.8 Å². The van der Waals surface area contributed by atoms with Gasteiger partial charge < -0.3 is 4.90 Å². The smallest absolute Gasteiger partial charge is 0.237 e. The van der Waals surface area contributed by atoms with Gasteiger partial charge in [-0.25, -0.2) is 0 Å². The van der Waals surface area contributed by atoms with Crippen LogP contribution in [0.5, 0.6) is 0 Å². The van der Waals surface area contributed by atoms with Crippen LogP contribution >= 0.6 is 0 Å². The molecule has 1 fully saturated rings. The highest BCUT2D eigenvalue weighted by molar-refractivity contribution is 5.78. The number of nitrogens with zero attached hydrogens (tertiary/aromatic N) is 4. The first-order valence-corrected chi connectivity index (χ1v) is 7.23. The molecule has 1 aromatic rings. The van der Waals surface area contributed by atoms with Crippen LogP contribution in [0.2, 0.25) is 0 Å². The van der Waals surface area contributed by atoms with Gasteiger partial charge in [0.15, 0.2) is 0 Å². The minimum absolute atomic E-state index is 0.262. The average Bonchev–Trinajstić information content (AvgIpc) is 3.07. The van der Waals surface area contributed by atoms with E-state index in [2.05, 4.69) is 23.8 Å². The molecule has 2 rings (SSSR count). The Bertz CT molecular complexity index is 386. The van der Waals surface area contributed by atoms with Crippen molar-refractivity contribution in [2.45, 2.75) is 39.3 Å². The molecule has 0 saturated carbocycles. The third kappa shape index (κ3) is 3.56. The molecule has 0 bridgehead atoms. The van der Waals surface area contributed by atoms with Crippen LogP contribution in [0.1, 0.15) is 26.7 Å². The van der Waals surface area contributed by atoms with Crippen LogP contribution in [0.4, 0.5) is 0 Å². The molecule has 1 aromatic heterocycles. The number of hydrogen-bond acceptors (Lipinski definition) is 3. The standard InChI is InChI=1S/C14H24N4O/c1-3-16(4-2)12-14(19)18-10-5-7-13(18)11-17-9-6-8-15-17/h6,8-9,13H,3-5,7,10-12H2,1-2H3/t13-/m0/s1. The monoisotopic (exact) mass is 264 g/mol. The summed E-state index contributed by atoms with van der Waals surface area (Å²) in [6.45, 7) is 8.31. The molecule has 1 saturated heterocycles. The Balaban J connectivity index is 1.92. The average molecular weight is 264 g/mol. The van der Waals surface area contributed by atoms with Crippen molar-refractivity contribution < 1.29 is 4.79 Å². The number of likely N-dealkylation sites (tertiary alicyclic amines) is 1. The van der Waals surface area contributed by atoms with Crippen molar-refractivity contribution in [2.75, 3.05) is 26.2 Å². The third-order valence-corrected chi connectivity index (χ3v) is 3.91. The highest BCUT2D eigenvalue weighted by atomic mass is 16.2. The second-order valence-corrected chi connectivity index (χ2v) is 5.07. The van der Waals surface area contributed by atoms with E-state index in [1.165, 1.54) is 0 Å². The Hall–Kier alpha value is -1.36. The number of hydrogen-bond donors (Lipinski definition) is 0. The lowest BCUT2D eigenvalue weighted by Crippen LogP contribution is -2.44. The van der Waals surface area contributed by atoms with Gasteiger partial charge in [0.25, 0.3) is 0 Å². The summed E-state index contributed by atoms with van der Waals surface area (Å²) in [6, 6.07) is 2.24. The van der Waals surface area contributed by atoms with E-state index >= 15 is 0 Å². The Kier molecular flexibility index (Phi) is 4.96. The van der Waals surface area contributed by atoms with Gasteiger partial charge in [-0.05, 0) is 32.0 Å². The molecular weight excluding hydrogens is 240 g/mol. The second kappa shape index (κ2) is 6.70.